The highest BCUT2D eigenvalue weighted by Gasteiger charge is 2.27. The molecule has 1 aliphatic rings. The van der Waals surface area contributed by atoms with Crippen LogP contribution in [0.5, 0.6) is 0 Å². The van der Waals surface area contributed by atoms with Crippen LogP contribution in [0.15, 0.2) is 30.3 Å². The maximum Gasteiger partial charge on any atom is 0.241 e. The zero-order chi connectivity index (χ0) is 14.6. The lowest BCUT2D eigenvalue weighted by atomic mass is 9.73. The number of carbonyl (C=O) groups is 1. The Labute approximate surface area is 121 Å². The Kier molecular flexibility index (Phi) is 4.81. The second kappa shape index (κ2) is 6.40. The molecule has 0 spiro atoms. The Morgan fingerprint density at radius 3 is 2.50 bits per heavy atom. The first-order valence-electron chi connectivity index (χ1n) is 7.56. The third-order valence-electron chi connectivity index (χ3n) is 4.46. The molecule has 0 radical (unpaired) electrons. The monoisotopic (exact) mass is 274 g/mol. The summed E-state index contributed by atoms with van der Waals surface area (Å²) in [4.78, 5) is 12.1. The largest absolute Gasteiger partial charge is 0.354 e. The zero-order valence-corrected chi connectivity index (χ0v) is 12.6. The first-order chi connectivity index (χ1) is 9.48. The molecule has 0 aliphatic heterocycles. The Hall–Kier alpha value is -1.35. The van der Waals surface area contributed by atoms with E-state index in [0.717, 1.165) is 12.1 Å². The van der Waals surface area contributed by atoms with Crippen LogP contribution in [0.1, 0.15) is 51.1 Å². The molecule has 1 saturated carbocycles. The lowest BCUT2D eigenvalue weighted by Crippen LogP contribution is -2.38. The van der Waals surface area contributed by atoms with Gasteiger partial charge in [-0.3, -0.25) is 4.79 Å². The number of benzene rings is 1. The van der Waals surface area contributed by atoms with Crippen molar-refractivity contribution in [3.05, 3.63) is 35.9 Å². The molecule has 0 heterocycles. The van der Waals surface area contributed by atoms with Crippen molar-refractivity contribution in [2.24, 2.45) is 17.1 Å². The molecule has 3 nitrogen and oxygen atoms in total. The van der Waals surface area contributed by atoms with Crippen LogP contribution >= 0.6 is 0 Å². The standard InChI is InChI=1S/C17H26N2O/c1-17(2)10-8-13(9-11-17)12-19-16(20)15(18)14-6-4-3-5-7-14/h3-7,13,15H,8-12,18H2,1-2H3,(H,19,20). The molecule has 1 unspecified atom stereocenters. The molecule has 110 valence electrons. The fourth-order valence-electron chi connectivity index (χ4n) is 2.83. The summed E-state index contributed by atoms with van der Waals surface area (Å²) in [5, 5.41) is 3.01. The summed E-state index contributed by atoms with van der Waals surface area (Å²) in [5.41, 5.74) is 7.33. The smallest absolute Gasteiger partial charge is 0.241 e. The van der Waals surface area contributed by atoms with Gasteiger partial charge in [0.05, 0.1) is 0 Å². The van der Waals surface area contributed by atoms with Crippen molar-refractivity contribution in [2.45, 2.75) is 45.6 Å². The summed E-state index contributed by atoms with van der Waals surface area (Å²) in [6, 6.07) is 8.98. The molecule has 1 atom stereocenters. The molecule has 1 fully saturated rings. The summed E-state index contributed by atoms with van der Waals surface area (Å²) in [7, 11) is 0. The highest BCUT2D eigenvalue weighted by molar-refractivity contribution is 5.82. The lowest BCUT2D eigenvalue weighted by molar-refractivity contribution is -0.122. The van der Waals surface area contributed by atoms with Crippen LogP contribution in [0, 0.1) is 11.3 Å². The number of hydrogen-bond donors (Lipinski definition) is 2. The summed E-state index contributed by atoms with van der Waals surface area (Å²) < 4.78 is 0. The van der Waals surface area contributed by atoms with Crippen LogP contribution in [0.25, 0.3) is 0 Å². The van der Waals surface area contributed by atoms with E-state index in [4.69, 9.17) is 5.73 Å². The Balaban J connectivity index is 1.78. The molecule has 1 aliphatic carbocycles. The Morgan fingerprint density at radius 1 is 1.30 bits per heavy atom. The van der Waals surface area contributed by atoms with E-state index in [1.807, 2.05) is 30.3 Å². The Bertz CT molecular complexity index is 432. The van der Waals surface area contributed by atoms with Crippen LogP contribution in [0.4, 0.5) is 0 Å². The van der Waals surface area contributed by atoms with Gasteiger partial charge in [0.15, 0.2) is 0 Å². The molecule has 0 bridgehead atoms. The van der Waals surface area contributed by atoms with E-state index >= 15 is 0 Å². The van der Waals surface area contributed by atoms with Crippen molar-refractivity contribution < 1.29 is 4.79 Å². The third kappa shape index (κ3) is 4.07. The van der Waals surface area contributed by atoms with Gasteiger partial charge in [-0.25, -0.2) is 0 Å². The van der Waals surface area contributed by atoms with Gasteiger partial charge in [-0.05, 0) is 42.6 Å². The van der Waals surface area contributed by atoms with E-state index < -0.39 is 6.04 Å². The molecule has 0 aromatic heterocycles. The highest BCUT2D eigenvalue weighted by Crippen LogP contribution is 2.37. The van der Waals surface area contributed by atoms with Gasteiger partial charge >= 0.3 is 0 Å². The van der Waals surface area contributed by atoms with E-state index in [1.54, 1.807) is 0 Å². The second-order valence-corrected chi connectivity index (χ2v) is 6.74. The fraction of sp³-hybridized carbons (Fsp3) is 0.588. The predicted octanol–water partition coefficient (Wildman–Crippen LogP) is 3.02. The average molecular weight is 274 g/mol. The number of nitrogens with two attached hydrogens (primary N) is 1. The summed E-state index contributed by atoms with van der Waals surface area (Å²) >= 11 is 0. The molecule has 20 heavy (non-hydrogen) atoms. The van der Waals surface area contributed by atoms with Crippen LogP contribution in [-0.2, 0) is 4.79 Å². The van der Waals surface area contributed by atoms with Gasteiger partial charge in [-0.15, -0.1) is 0 Å². The Morgan fingerprint density at radius 2 is 1.90 bits per heavy atom. The maximum absolute atomic E-state index is 12.1. The minimum absolute atomic E-state index is 0.0685. The van der Waals surface area contributed by atoms with Gasteiger partial charge in [-0.2, -0.15) is 0 Å². The van der Waals surface area contributed by atoms with Gasteiger partial charge < -0.3 is 11.1 Å². The van der Waals surface area contributed by atoms with E-state index in [0.29, 0.717) is 11.3 Å². The van der Waals surface area contributed by atoms with E-state index in [-0.39, 0.29) is 5.91 Å². The van der Waals surface area contributed by atoms with Crippen LogP contribution in [-0.4, -0.2) is 12.5 Å². The molecule has 1 aromatic carbocycles. The normalized spacial score (nSPS) is 20.4. The molecule has 1 amide bonds. The summed E-state index contributed by atoms with van der Waals surface area (Å²) in [6.07, 6.45) is 4.90. The molecule has 0 saturated heterocycles. The van der Waals surface area contributed by atoms with Gasteiger partial charge in [0, 0.05) is 6.54 Å². The van der Waals surface area contributed by atoms with Crippen molar-refractivity contribution in [1.82, 2.24) is 5.32 Å². The first kappa shape index (κ1) is 15.0. The van der Waals surface area contributed by atoms with Crippen molar-refractivity contribution in [3.8, 4) is 0 Å². The molecular weight excluding hydrogens is 248 g/mol. The summed E-state index contributed by atoms with van der Waals surface area (Å²) in [6.45, 7) is 5.41. The predicted molar refractivity (Wildman–Crippen MR) is 82.1 cm³/mol. The van der Waals surface area contributed by atoms with Crippen LogP contribution in [0.2, 0.25) is 0 Å². The molecule has 2 rings (SSSR count). The maximum atomic E-state index is 12.1. The number of hydrogen-bond acceptors (Lipinski definition) is 2. The molecular formula is C17H26N2O. The minimum Gasteiger partial charge on any atom is -0.354 e. The topological polar surface area (TPSA) is 55.1 Å². The average Bonchev–Trinajstić information content (AvgIpc) is 2.46. The number of nitrogens with one attached hydrogen (secondary N) is 1. The molecule has 1 aromatic rings. The van der Waals surface area contributed by atoms with Crippen LogP contribution in [0.3, 0.4) is 0 Å². The van der Waals surface area contributed by atoms with Gasteiger partial charge in [0.25, 0.3) is 0 Å². The van der Waals surface area contributed by atoms with Gasteiger partial charge in [0.2, 0.25) is 5.91 Å². The zero-order valence-electron chi connectivity index (χ0n) is 12.6. The lowest BCUT2D eigenvalue weighted by Gasteiger charge is -2.34. The van der Waals surface area contributed by atoms with E-state index in [1.165, 1.54) is 25.7 Å². The van der Waals surface area contributed by atoms with E-state index in [9.17, 15) is 4.79 Å². The van der Waals surface area contributed by atoms with Crippen molar-refractivity contribution in [2.75, 3.05) is 6.54 Å². The highest BCUT2D eigenvalue weighted by atomic mass is 16.2. The van der Waals surface area contributed by atoms with Crippen molar-refractivity contribution >= 4 is 5.91 Å². The quantitative estimate of drug-likeness (QED) is 0.886. The minimum atomic E-state index is -0.559. The third-order valence-corrected chi connectivity index (χ3v) is 4.46. The first-order valence-corrected chi connectivity index (χ1v) is 7.56. The summed E-state index contributed by atoms with van der Waals surface area (Å²) in [5.74, 6) is 0.538. The molecule has 3 N–H and O–H groups in total. The second-order valence-electron chi connectivity index (χ2n) is 6.74. The van der Waals surface area contributed by atoms with Gasteiger partial charge in [-0.1, -0.05) is 44.2 Å². The number of rotatable bonds is 4. The SMILES string of the molecule is CC1(C)CCC(CNC(=O)C(N)c2ccccc2)CC1. The van der Waals surface area contributed by atoms with Crippen molar-refractivity contribution in [1.29, 1.82) is 0 Å². The fourth-order valence-corrected chi connectivity index (χ4v) is 2.83. The van der Waals surface area contributed by atoms with E-state index in [2.05, 4.69) is 19.2 Å². The van der Waals surface area contributed by atoms with Crippen LogP contribution < -0.4 is 11.1 Å². The number of amides is 1. The number of carbonyl (C=O) groups excluding carboxylic acids is 1. The van der Waals surface area contributed by atoms with Gasteiger partial charge in [0.1, 0.15) is 6.04 Å². The molecule has 3 heteroatoms. The van der Waals surface area contributed by atoms with Crippen molar-refractivity contribution in [3.63, 3.8) is 0 Å².